The van der Waals surface area contributed by atoms with Gasteiger partial charge in [-0.2, -0.15) is 5.26 Å². The van der Waals surface area contributed by atoms with Crippen molar-refractivity contribution in [3.05, 3.63) is 63.1 Å². The molecule has 1 unspecified atom stereocenters. The van der Waals surface area contributed by atoms with E-state index in [1.54, 1.807) is 25.1 Å². The van der Waals surface area contributed by atoms with Crippen LogP contribution >= 0.6 is 15.9 Å². The Morgan fingerprint density at radius 2 is 2.07 bits per heavy atom. The van der Waals surface area contributed by atoms with E-state index in [9.17, 15) is 10.1 Å². The predicted molar refractivity (Wildman–Crippen MR) is 117 cm³/mol. The fourth-order valence-electron chi connectivity index (χ4n) is 4.74. The Balaban J connectivity index is 1.68. The van der Waals surface area contributed by atoms with Gasteiger partial charge in [-0.15, -0.1) is 0 Å². The summed E-state index contributed by atoms with van der Waals surface area (Å²) in [5.41, 5.74) is 3.92. The zero-order valence-electron chi connectivity index (χ0n) is 17.0. The van der Waals surface area contributed by atoms with E-state index in [0.29, 0.717) is 17.9 Å². The number of hydrogen-bond donors (Lipinski definition) is 1. The fraction of sp³-hybridized carbons (Fsp3) is 0.417. The summed E-state index contributed by atoms with van der Waals surface area (Å²) in [6, 6.07) is 13.9. The van der Waals surface area contributed by atoms with Crippen molar-refractivity contribution in [2.45, 2.75) is 44.1 Å². The van der Waals surface area contributed by atoms with Crippen LogP contribution in [-0.2, 0) is 21.4 Å². The normalized spacial score (nSPS) is 19.2. The summed E-state index contributed by atoms with van der Waals surface area (Å²) in [5, 5.41) is 12.8. The van der Waals surface area contributed by atoms with E-state index < -0.39 is 0 Å². The van der Waals surface area contributed by atoms with Crippen molar-refractivity contribution in [2.75, 3.05) is 19.7 Å². The third-order valence-electron chi connectivity index (χ3n) is 6.17. The minimum atomic E-state index is -0.295. The van der Waals surface area contributed by atoms with E-state index in [-0.39, 0.29) is 23.9 Å². The highest BCUT2D eigenvalue weighted by Crippen LogP contribution is 2.52. The number of piperidine rings is 1. The number of carbonyl (C=O) groups is 1. The zero-order valence-corrected chi connectivity index (χ0v) is 18.6. The van der Waals surface area contributed by atoms with Crippen molar-refractivity contribution in [3.63, 3.8) is 0 Å². The Bertz CT molecular complexity index is 992. The number of carbonyl (C=O) groups excluding carboxylic acids is 1. The molecule has 1 N–H and O–H groups in total. The summed E-state index contributed by atoms with van der Waals surface area (Å²) in [6.45, 7) is 4.13. The highest BCUT2D eigenvalue weighted by molar-refractivity contribution is 9.10. The minimum Gasteiger partial charge on any atom is -0.485 e. The van der Waals surface area contributed by atoms with Crippen molar-refractivity contribution in [2.24, 2.45) is 0 Å². The van der Waals surface area contributed by atoms with Crippen molar-refractivity contribution in [1.82, 2.24) is 5.32 Å². The van der Waals surface area contributed by atoms with Gasteiger partial charge in [-0.25, -0.2) is 0 Å². The molecule has 1 aliphatic carbocycles. The third kappa shape index (κ3) is 4.10. The number of esters is 1. The molecule has 4 rings (SSSR count). The molecule has 30 heavy (non-hydrogen) atoms. The van der Waals surface area contributed by atoms with Gasteiger partial charge in [0, 0.05) is 15.5 Å². The van der Waals surface area contributed by atoms with E-state index >= 15 is 0 Å². The molecule has 2 aromatic rings. The molecule has 1 saturated heterocycles. The Morgan fingerprint density at radius 1 is 1.27 bits per heavy atom. The van der Waals surface area contributed by atoms with Gasteiger partial charge in [0.05, 0.1) is 24.7 Å². The van der Waals surface area contributed by atoms with Crippen LogP contribution in [0, 0.1) is 11.3 Å². The zero-order chi connectivity index (χ0) is 21.1. The lowest BCUT2D eigenvalue weighted by molar-refractivity contribution is -0.142. The molecular formula is C24H25BrN2O3. The molecule has 156 valence electrons. The quantitative estimate of drug-likeness (QED) is 0.650. The molecule has 1 atom stereocenters. The molecule has 0 aromatic heterocycles. The van der Waals surface area contributed by atoms with Crippen LogP contribution in [0.4, 0.5) is 0 Å². The number of benzene rings is 2. The van der Waals surface area contributed by atoms with Crippen molar-refractivity contribution < 1.29 is 14.3 Å². The standard InChI is InChI=1S/C24H25BrN2O3/c1-2-29-23(28)12-17-4-3-16(15-26)11-21(17)30-22-14-24(7-9-27-10-8-24)20-6-5-18(25)13-19(20)22/h3-6,11,13,22,27H,2,7-10,12,14H2,1H3. The maximum absolute atomic E-state index is 12.1. The Morgan fingerprint density at radius 3 is 2.80 bits per heavy atom. The molecule has 2 aliphatic rings. The Kier molecular flexibility index (Phi) is 6.12. The average Bonchev–Trinajstić information content (AvgIpc) is 3.02. The number of halogens is 1. The second-order valence-electron chi connectivity index (χ2n) is 7.99. The number of ether oxygens (including phenoxy) is 2. The number of fused-ring (bicyclic) bond motifs is 2. The summed E-state index contributed by atoms with van der Waals surface area (Å²) in [5.74, 6) is 0.292. The fourth-order valence-corrected chi connectivity index (χ4v) is 5.12. The molecule has 6 heteroatoms. The molecule has 1 spiro atoms. The lowest BCUT2D eigenvalue weighted by Gasteiger charge is -2.35. The molecule has 0 bridgehead atoms. The van der Waals surface area contributed by atoms with Crippen LogP contribution in [-0.4, -0.2) is 25.7 Å². The topological polar surface area (TPSA) is 71.4 Å². The molecule has 1 aliphatic heterocycles. The molecule has 0 saturated carbocycles. The van der Waals surface area contributed by atoms with Crippen molar-refractivity contribution >= 4 is 21.9 Å². The van der Waals surface area contributed by atoms with Gasteiger partial charge in [-0.1, -0.05) is 28.1 Å². The summed E-state index contributed by atoms with van der Waals surface area (Å²) >= 11 is 3.61. The van der Waals surface area contributed by atoms with Crippen LogP contribution in [0.25, 0.3) is 0 Å². The lowest BCUT2D eigenvalue weighted by Crippen LogP contribution is -2.38. The van der Waals surface area contributed by atoms with Gasteiger partial charge in [0.15, 0.2) is 0 Å². The van der Waals surface area contributed by atoms with E-state index in [4.69, 9.17) is 9.47 Å². The second-order valence-corrected chi connectivity index (χ2v) is 8.90. The number of nitrogens with zero attached hydrogens (tertiary/aromatic N) is 1. The number of nitrogens with one attached hydrogen (secondary N) is 1. The van der Waals surface area contributed by atoms with E-state index in [1.165, 1.54) is 11.1 Å². The van der Waals surface area contributed by atoms with Gasteiger partial charge in [-0.3, -0.25) is 4.79 Å². The summed E-state index contributed by atoms with van der Waals surface area (Å²) in [4.78, 5) is 12.1. The van der Waals surface area contributed by atoms with Crippen LogP contribution in [0.1, 0.15) is 54.5 Å². The molecule has 5 nitrogen and oxygen atoms in total. The first kappa shape index (κ1) is 20.9. The van der Waals surface area contributed by atoms with Gasteiger partial charge < -0.3 is 14.8 Å². The monoisotopic (exact) mass is 468 g/mol. The van der Waals surface area contributed by atoms with Crippen LogP contribution in [0.5, 0.6) is 5.75 Å². The molecule has 1 fully saturated rings. The first-order valence-corrected chi connectivity index (χ1v) is 11.2. The molecule has 0 amide bonds. The van der Waals surface area contributed by atoms with Gasteiger partial charge in [0.25, 0.3) is 0 Å². The number of rotatable bonds is 5. The minimum absolute atomic E-state index is 0.111. The van der Waals surface area contributed by atoms with E-state index in [0.717, 1.165) is 42.4 Å². The summed E-state index contributed by atoms with van der Waals surface area (Å²) < 4.78 is 12.7. The second kappa shape index (κ2) is 8.79. The van der Waals surface area contributed by atoms with Gasteiger partial charge in [0.2, 0.25) is 0 Å². The van der Waals surface area contributed by atoms with Crippen molar-refractivity contribution in [3.8, 4) is 11.8 Å². The molecule has 2 aromatic carbocycles. The Labute approximate surface area is 185 Å². The van der Waals surface area contributed by atoms with Crippen LogP contribution in [0.15, 0.2) is 40.9 Å². The summed E-state index contributed by atoms with van der Waals surface area (Å²) in [6.07, 6.45) is 3.06. The van der Waals surface area contributed by atoms with E-state index in [2.05, 4.69) is 45.5 Å². The first-order chi connectivity index (χ1) is 14.5. The maximum atomic E-state index is 12.1. The maximum Gasteiger partial charge on any atom is 0.310 e. The van der Waals surface area contributed by atoms with Crippen LogP contribution in [0.3, 0.4) is 0 Å². The SMILES string of the molecule is CCOC(=O)Cc1ccc(C#N)cc1OC1CC2(CCNCC2)c2ccc(Br)cc21. The summed E-state index contributed by atoms with van der Waals surface area (Å²) in [7, 11) is 0. The predicted octanol–water partition coefficient (Wildman–Crippen LogP) is 4.57. The van der Waals surface area contributed by atoms with Gasteiger partial charge in [-0.05, 0) is 74.7 Å². The lowest BCUT2D eigenvalue weighted by atomic mass is 9.74. The third-order valence-corrected chi connectivity index (χ3v) is 6.67. The first-order valence-electron chi connectivity index (χ1n) is 10.4. The van der Waals surface area contributed by atoms with Crippen LogP contribution in [0.2, 0.25) is 0 Å². The van der Waals surface area contributed by atoms with Crippen molar-refractivity contribution in [1.29, 1.82) is 5.26 Å². The highest BCUT2D eigenvalue weighted by atomic mass is 79.9. The number of nitriles is 1. The highest BCUT2D eigenvalue weighted by Gasteiger charge is 2.45. The average molecular weight is 469 g/mol. The largest absolute Gasteiger partial charge is 0.485 e. The van der Waals surface area contributed by atoms with Gasteiger partial charge >= 0.3 is 5.97 Å². The number of hydrogen-bond acceptors (Lipinski definition) is 5. The van der Waals surface area contributed by atoms with Crippen LogP contribution < -0.4 is 10.1 Å². The van der Waals surface area contributed by atoms with E-state index in [1.807, 2.05) is 0 Å². The van der Waals surface area contributed by atoms with Gasteiger partial charge in [0.1, 0.15) is 11.9 Å². The molecular weight excluding hydrogens is 444 g/mol. The Hall–Kier alpha value is -2.36. The molecule has 1 heterocycles. The molecule has 0 radical (unpaired) electrons. The smallest absolute Gasteiger partial charge is 0.310 e.